The summed E-state index contributed by atoms with van der Waals surface area (Å²) < 4.78 is 44.2. The molecule has 1 aliphatic rings. The van der Waals surface area contributed by atoms with Gasteiger partial charge < -0.3 is 15.0 Å². The first kappa shape index (κ1) is 18.2. The van der Waals surface area contributed by atoms with Crippen molar-refractivity contribution in [1.29, 1.82) is 0 Å². The molecule has 6 nitrogen and oxygen atoms in total. The average Bonchev–Trinajstić information content (AvgIpc) is 2.64. The molecule has 0 bridgehead atoms. The van der Waals surface area contributed by atoms with Gasteiger partial charge in [0.25, 0.3) is 10.1 Å². The fourth-order valence-corrected chi connectivity index (χ4v) is 2.93. The van der Waals surface area contributed by atoms with E-state index in [1.165, 1.54) is 12.1 Å². The van der Waals surface area contributed by atoms with Gasteiger partial charge in [0.2, 0.25) is 0 Å². The highest BCUT2D eigenvalue weighted by atomic mass is 32.2. The van der Waals surface area contributed by atoms with E-state index in [2.05, 4.69) is 0 Å². The molecule has 1 aromatic rings. The van der Waals surface area contributed by atoms with Crippen LogP contribution in [0.5, 0.6) is 0 Å². The van der Waals surface area contributed by atoms with E-state index >= 15 is 0 Å². The van der Waals surface area contributed by atoms with Crippen LogP contribution in [0.4, 0.5) is 0 Å². The Balaban J connectivity index is 2.43. The molecule has 3 N–H and O–H groups in total. The molecule has 0 spiro atoms. The normalized spacial score (nSPS) is 20.8. The van der Waals surface area contributed by atoms with Gasteiger partial charge in [-0.05, 0) is 44.8 Å². The number of hydrogen-bond donors (Lipinski definition) is 2. The van der Waals surface area contributed by atoms with Gasteiger partial charge in [0.05, 0.1) is 11.2 Å². The minimum Gasteiger partial charge on any atom is -0.400 e. The van der Waals surface area contributed by atoms with Crippen molar-refractivity contribution in [3.8, 4) is 0 Å². The summed E-state index contributed by atoms with van der Waals surface area (Å²) in [4.78, 5) is -0.178. The van der Waals surface area contributed by atoms with Crippen LogP contribution < -0.4 is 5.73 Å². The number of nitrogens with two attached hydrogens (primary N) is 1. The van der Waals surface area contributed by atoms with Crippen LogP contribution >= 0.6 is 0 Å². The van der Waals surface area contributed by atoms with E-state index in [-0.39, 0.29) is 11.4 Å². The fourth-order valence-electron chi connectivity index (χ4n) is 2.25. The molecule has 0 radical (unpaired) electrons. The van der Waals surface area contributed by atoms with Gasteiger partial charge >= 0.3 is 7.12 Å². The summed E-state index contributed by atoms with van der Waals surface area (Å²) in [5.41, 5.74) is 5.69. The van der Waals surface area contributed by atoms with Crippen molar-refractivity contribution < 1.29 is 22.3 Å². The number of rotatable bonds is 4. The molecule has 0 atom stereocenters. The molecule has 1 aromatic carbocycles. The van der Waals surface area contributed by atoms with Crippen molar-refractivity contribution in [2.24, 2.45) is 5.73 Å². The van der Waals surface area contributed by atoms with Gasteiger partial charge in [0, 0.05) is 6.54 Å². The van der Waals surface area contributed by atoms with Gasteiger partial charge in [-0.25, -0.2) is 0 Å². The molecule has 0 unspecified atom stereocenters. The van der Waals surface area contributed by atoms with Gasteiger partial charge in [-0.1, -0.05) is 24.3 Å². The SMILES string of the molecule is CC1(C)OB(C(=Cc2ccccc2S(=O)(=O)O)CN)OC1(C)C. The maximum Gasteiger partial charge on any atom is 0.491 e. The van der Waals surface area contributed by atoms with Crippen LogP contribution in [0, 0.1) is 0 Å². The summed E-state index contributed by atoms with van der Waals surface area (Å²) >= 11 is 0. The third-order valence-electron chi connectivity index (χ3n) is 4.33. The van der Waals surface area contributed by atoms with Crippen LogP contribution in [0.25, 0.3) is 6.08 Å². The Bertz CT molecular complexity index is 711. The van der Waals surface area contributed by atoms with E-state index < -0.39 is 28.4 Å². The average molecular weight is 339 g/mol. The molecule has 126 valence electrons. The first-order valence-corrected chi connectivity index (χ1v) is 8.74. The monoisotopic (exact) mass is 339 g/mol. The molecule has 0 amide bonds. The lowest BCUT2D eigenvalue weighted by molar-refractivity contribution is 0.00578. The predicted octanol–water partition coefficient (Wildman–Crippen LogP) is 1.91. The van der Waals surface area contributed by atoms with Crippen LogP contribution in [0.2, 0.25) is 0 Å². The largest absolute Gasteiger partial charge is 0.491 e. The molecule has 1 saturated heterocycles. The van der Waals surface area contributed by atoms with Crippen molar-refractivity contribution in [2.45, 2.75) is 43.8 Å². The lowest BCUT2D eigenvalue weighted by atomic mass is 9.77. The summed E-state index contributed by atoms with van der Waals surface area (Å²) in [7, 11) is -4.99. The molecular formula is C15H22BNO5S. The van der Waals surface area contributed by atoms with Crippen LogP contribution in [0.1, 0.15) is 33.3 Å². The van der Waals surface area contributed by atoms with E-state index in [0.29, 0.717) is 11.0 Å². The molecule has 0 aromatic heterocycles. The Morgan fingerprint density at radius 3 is 2.22 bits per heavy atom. The third kappa shape index (κ3) is 3.67. The van der Waals surface area contributed by atoms with E-state index in [4.69, 9.17) is 15.0 Å². The lowest BCUT2D eigenvalue weighted by Gasteiger charge is -2.32. The second kappa shape index (κ2) is 6.03. The van der Waals surface area contributed by atoms with Crippen molar-refractivity contribution in [1.82, 2.24) is 0 Å². The lowest BCUT2D eigenvalue weighted by Crippen LogP contribution is -2.41. The number of hydrogen-bond acceptors (Lipinski definition) is 5. The smallest absolute Gasteiger partial charge is 0.400 e. The van der Waals surface area contributed by atoms with Gasteiger partial charge in [0.15, 0.2) is 0 Å². The second-order valence-corrected chi connectivity index (χ2v) is 7.91. The molecule has 1 fully saturated rings. The van der Waals surface area contributed by atoms with Crippen molar-refractivity contribution in [3.63, 3.8) is 0 Å². The van der Waals surface area contributed by atoms with Gasteiger partial charge in [-0.3, -0.25) is 4.55 Å². The maximum absolute atomic E-state index is 11.5. The van der Waals surface area contributed by atoms with E-state index in [1.807, 2.05) is 27.7 Å². The first-order chi connectivity index (χ1) is 10.5. The van der Waals surface area contributed by atoms with Gasteiger partial charge in [-0.15, -0.1) is 0 Å². The quantitative estimate of drug-likeness (QED) is 0.642. The van der Waals surface area contributed by atoms with E-state index in [0.717, 1.165) is 0 Å². The zero-order valence-electron chi connectivity index (χ0n) is 13.7. The standard InChI is InChI=1S/C15H22BNO5S/c1-14(2)15(3,4)22-16(21-14)12(10-17)9-11-7-5-6-8-13(11)23(18,19)20/h5-9H,10,17H2,1-4H3,(H,18,19,20). The molecule has 0 saturated carbocycles. The summed E-state index contributed by atoms with van der Waals surface area (Å²) in [5.74, 6) is 0. The molecule has 8 heteroatoms. The molecule has 23 heavy (non-hydrogen) atoms. The highest BCUT2D eigenvalue weighted by Crippen LogP contribution is 2.38. The van der Waals surface area contributed by atoms with E-state index in [9.17, 15) is 13.0 Å². The van der Waals surface area contributed by atoms with Crippen LogP contribution in [0.3, 0.4) is 0 Å². The minimum absolute atomic E-state index is 0.136. The Kier molecular flexibility index (Phi) is 4.76. The summed E-state index contributed by atoms with van der Waals surface area (Å²) in [6, 6.07) is 6.14. The molecule has 1 aliphatic heterocycles. The first-order valence-electron chi connectivity index (χ1n) is 7.30. The zero-order chi connectivity index (χ0) is 17.5. The summed E-state index contributed by atoms with van der Waals surface area (Å²) in [6.07, 6.45) is 1.59. The highest BCUT2D eigenvalue weighted by Gasteiger charge is 2.52. The van der Waals surface area contributed by atoms with E-state index in [1.54, 1.807) is 18.2 Å². The van der Waals surface area contributed by atoms with Crippen LogP contribution in [-0.2, 0) is 19.4 Å². The molecular weight excluding hydrogens is 317 g/mol. The minimum atomic E-state index is -4.32. The number of benzene rings is 1. The van der Waals surface area contributed by atoms with Crippen LogP contribution in [-0.4, -0.2) is 37.8 Å². The molecule has 0 aliphatic carbocycles. The maximum atomic E-state index is 11.5. The topological polar surface area (TPSA) is 98.9 Å². The Labute approximate surface area is 137 Å². The molecule has 1 heterocycles. The Hall–Kier alpha value is -1.19. The van der Waals surface area contributed by atoms with Crippen LogP contribution in [0.15, 0.2) is 34.6 Å². The zero-order valence-corrected chi connectivity index (χ0v) is 14.6. The molecule has 2 rings (SSSR count). The van der Waals surface area contributed by atoms with Crippen molar-refractivity contribution in [2.75, 3.05) is 6.54 Å². The fraction of sp³-hybridized carbons (Fsp3) is 0.467. The summed E-state index contributed by atoms with van der Waals surface area (Å²) in [5, 5.41) is 0. The van der Waals surface area contributed by atoms with Crippen molar-refractivity contribution >= 4 is 23.3 Å². The van der Waals surface area contributed by atoms with Crippen molar-refractivity contribution in [3.05, 3.63) is 35.3 Å². The van der Waals surface area contributed by atoms with Gasteiger partial charge in [0.1, 0.15) is 4.90 Å². The van der Waals surface area contributed by atoms with Gasteiger partial charge in [-0.2, -0.15) is 8.42 Å². The second-order valence-electron chi connectivity index (χ2n) is 6.52. The summed E-state index contributed by atoms with van der Waals surface area (Å²) in [6.45, 7) is 7.83. The Morgan fingerprint density at radius 1 is 1.22 bits per heavy atom. The third-order valence-corrected chi connectivity index (χ3v) is 5.26. The Morgan fingerprint density at radius 2 is 1.74 bits per heavy atom. The predicted molar refractivity (Wildman–Crippen MR) is 89.4 cm³/mol. The highest BCUT2D eigenvalue weighted by molar-refractivity contribution is 7.85.